The Hall–Kier alpha value is -0.950. The van der Waals surface area contributed by atoms with E-state index in [4.69, 9.17) is 19.0 Å². The minimum Gasteiger partial charge on any atom is -0.381 e. The SMILES string of the molecule is CCCCCCOCC1C2CCC(O2)C1CC=CCCN(O[C@@H]1CCCCO1)C(C)=O. The van der Waals surface area contributed by atoms with Crippen molar-refractivity contribution in [3.63, 3.8) is 0 Å². The van der Waals surface area contributed by atoms with Crippen molar-refractivity contribution in [3.05, 3.63) is 12.2 Å². The van der Waals surface area contributed by atoms with E-state index in [1.54, 1.807) is 6.92 Å². The molecule has 0 N–H and O–H groups in total. The highest BCUT2D eigenvalue weighted by Crippen LogP contribution is 2.45. The highest BCUT2D eigenvalue weighted by atomic mass is 16.8. The summed E-state index contributed by atoms with van der Waals surface area (Å²) in [6, 6.07) is 0. The van der Waals surface area contributed by atoms with Crippen LogP contribution in [0.5, 0.6) is 0 Å². The molecule has 3 fully saturated rings. The number of ether oxygens (including phenoxy) is 3. The molecule has 3 saturated heterocycles. The van der Waals surface area contributed by atoms with Gasteiger partial charge in [0.1, 0.15) is 0 Å². The fourth-order valence-electron chi connectivity index (χ4n) is 5.06. The Kier molecular flexibility index (Phi) is 10.8. The van der Waals surface area contributed by atoms with E-state index >= 15 is 0 Å². The number of carbonyl (C=O) groups is 1. The zero-order valence-electron chi connectivity index (χ0n) is 19.6. The number of unbranched alkanes of at least 4 members (excludes halogenated alkanes) is 3. The first kappa shape index (κ1) is 24.7. The summed E-state index contributed by atoms with van der Waals surface area (Å²) in [5.41, 5.74) is 0. The molecule has 0 aliphatic carbocycles. The molecule has 0 aromatic rings. The van der Waals surface area contributed by atoms with Crippen molar-refractivity contribution >= 4 is 5.91 Å². The lowest BCUT2D eigenvalue weighted by Crippen LogP contribution is -2.36. The van der Waals surface area contributed by atoms with E-state index in [0.29, 0.717) is 37.2 Å². The Morgan fingerprint density at radius 2 is 1.90 bits per heavy atom. The number of allylic oxidation sites excluding steroid dienone is 1. The van der Waals surface area contributed by atoms with Crippen LogP contribution in [0.15, 0.2) is 12.2 Å². The molecule has 0 saturated carbocycles. The summed E-state index contributed by atoms with van der Waals surface area (Å²) < 4.78 is 17.8. The van der Waals surface area contributed by atoms with Crippen molar-refractivity contribution < 1.29 is 23.8 Å². The maximum Gasteiger partial charge on any atom is 0.243 e. The Morgan fingerprint density at radius 1 is 1.06 bits per heavy atom. The van der Waals surface area contributed by atoms with Gasteiger partial charge in [0.05, 0.1) is 25.4 Å². The Bertz CT molecular complexity index is 548. The topological polar surface area (TPSA) is 57.2 Å². The lowest BCUT2D eigenvalue weighted by Gasteiger charge is -2.28. The van der Waals surface area contributed by atoms with Crippen molar-refractivity contribution in [1.29, 1.82) is 0 Å². The average molecular weight is 438 g/mol. The highest BCUT2D eigenvalue weighted by molar-refractivity contribution is 5.71. The number of hydrogen-bond donors (Lipinski definition) is 0. The zero-order valence-corrected chi connectivity index (χ0v) is 19.6. The van der Waals surface area contributed by atoms with Crippen LogP contribution in [0.4, 0.5) is 0 Å². The summed E-state index contributed by atoms with van der Waals surface area (Å²) in [7, 11) is 0. The van der Waals surface area contributed by atoms with Crippen LogP contribution in [0.3, 0.4) is 0 Å². The van der Waals surface area contributed by atoms with Crippen LogP contribution in [-0.2, 0) is 23.8 Å². The maximum absolute atomic E-state index is 11.9. The summed E-state index contributed by atoms with van der Waals surface area (Å²) in [5.74, 6) is 1.01. The third-order valence-electron chi connectivity index (χ3n) is 6.85. The van der Waals surface area contributed by atoms with Crippen molar-refractivity contribution in [2.24, 2.45) is 11.8 Å². The molecule has 178 valence electrons. The number of fused-ring (bicyclic) bond motifs is 2. The average Bonchev–Trinajstić information content (AvgIpc) is 3.38. The summed E-state index contributed by atoms with van der Waals surface area (Å²) in [5, 5.41) is 1.45. The van der Waals surface area contributed by atoms with Crippen molar-refractivity contribution in [2.45, 2.75) is 103 Å². The maximum atomic E-state index is 11.9. The second-order valence-electron chi connectivity index (χ2n) is 9.27. The lowest BCUT2D eigenvalue weighted by molar-refractivity contribution is -0.278. The van der Waals surface area contributed by atoms with Gasteiger partial charge in [0, 0.05) is 32.5 Å². The summed E-state index contributed by atoms with van der Waals surface area (Å²) in [6.07, 6.45) is 17.1. The van der Waals surface area contributed by atoms with E-state index in [2.05, 4.69) is 19.1 Å². The van der Waals surface area contributed by atoms with E-state index in [9.17, 15) is 4.79 Å². The molecular weight excluding hydrogens is 394 g/mol. The van der Waals surface area contributed by atoms with Crippen LogP contribution >= 0.6 is 0 Å². The molecule has 31 heavy (non-hydrogen) atoms. The van der Waals surface area contributed by atoms with Gasteiger partial charge in [0.15, 0.2) is 6.29 Å². The van der Waals surface area contributed by atoms with Gasteiger partial charge in [0.2, 0.25) is 5.91 Å². The number of nitrogens with zero attached hydrogens (tertiary/aromatic N) is 1. The smallest absolute Gasteiger partial charge is 0.243 e. The van der Waals surface area contributed by atoms with E-state index in [1.807, 2.05) is 0 Å². The Balaban J connectivity index is 1.36. The fourth-order valence-corrected chi connectivity index (χ4v) is 5.06. The first-order chi connectivity index (χ1) is 15.2. The van der Waals surface area contributed by atoms with Gasteiger partial charge in [-0.2, -0.15) is 0 Å². The van der Waals surface area contributed by atoms with E-state index < -0.39 is 0 Å². The molecule has 6 nitrogen and oxygen atoms in total. The van der Waals surface area contributed by atoms with Gasteiger partial charge in [-0.25, -0.2) is 9.90 Å². The van der Waals surface area contributed by atoms with Gasteiger partial charge in [-0.3, -0.25) is 4.79 Å². The van der Waals surface area contributed by atoms with Crippen LogP contribution in [0.25, 0.3) is 0 Å². The quantitative estimate of drug-likeness (QED) is 0.217. The van der Waals surface area contributed by atoms with Gasteiger partial charge in [0.25, 0.3) is 0 Å². The molecule has 3 aliphatic rings. The van der Waals surface area contributed by atoms with Crippen molar-refractivity contribution in [1.82, 2.24) is 5.06 Å². The zero-order chi connectivity index (χ0) is 21.9. The molecule has 3 aliphatic heterocycles. The monoisotopic (exact) mass is 437 g/mol. The molecule has 1 amide bonds. The Labute approximate surface area is 188 Å². The van der Waals surface area contributed by atoms with Crippen LogP contribution in [0.2, 0.25) is 0 Å². The third-order valence-corrected chi connectivity index (χ3v) is 6.85. The molecule has 6 heteroatoms. The molecule has 5 atom stereocenters. The second kappa shape index (κ2) is 13.6. The standard InChI is InChI=1S/C25H43NO5/c1-3-4-5-10-17-28-19-22-21(23-14-15-24(22)30-23)12-7-6-9-16-26(20(2)27)31-25-13-8-11-18-29-25/h6-7,21-25H,3-5,8-19H2,1-2H3/t21?,22?,23?,24?,25-/m1/s1. The van der Waals surface area contributed by atoms with Crippen LogP contribution in [0, 0.1) is 11.8 Å². The largest absolute Gasteiger partial charge is 0.381 e. The van der Waals surface area contributed by atoms with E-state index in [0.717, 1.165) is 45.3 Å². The van der Waals surface area contributed by atoms with Crippen LogP contribution in [0.1, 0.15) is 84.5 Å². The van der Waals surface area contributed by atoms with E-state index in [-0.39, 0.29) is 12.2 Å². The van der Waals surface area contributed by atoms with Crippen LogP contribution < -0.4 is 0 Å². The first-order valence-electron chi connectivity index (χ1n) is 12.6. The lowest BCUT2D eigenvalue weighted by atomic mass is 9.78. The van der Waals surface area contributed by atoms with Gasteiger partial charge in [-0.15, -0.1) is 0 Å². The van der Waals surface area contributed by atoms with Gasteiger partial charge in [-0.1, -0.05) is 38.3 Å². The van der Waals surface area contributed by atoms with Crippen LogP contribution in [-0.4, -0.2) is 55.8 Å². The molecule has 0 radical (unpaired) electrons. The second-order valence-corrected chi connectivity index (χ2v) is 9.27. The minimum absolute atomic E-state index is 0.0692. The van der Waals surface area contributed by atoms with Gasteiger partial charge >= 0.3 is 0 Å². The van der Waals surface area contributed by atoms with Crippen molar-refractivity contribution in [2.75, 3.05) is 26.4 Å². The summed E-state index contributed by atoms with van der Waals surface area (Å²) >= 11 is 0. The number of hydrogen-bond acceptors (Lipinski definition) is 5. The highest BCUT2D eigenvalue weighted by Gasteiger charge is 2.48. The van der Waals surface area contributed by atoms with Gasteiger partial charge in [-0.05, 0) is 50.9 Å². The fraction of sp³-hybridized carbons (Fsp3) is 0.880. The Morgan fingerprint density at radius 3 is 2.65 bits per heavy atom. The molecular formula is C25H43NO5. The number of carbonyl (C=O) groups excluding carboxylic acids is 1. The third kappa shape index (κ3) is 7.85. The summed E-state index contributed by atoms with van der Waals surface area (Å²) in [4.78, 5) is 17.7. The van der Waals surface area contributed by atoms with E-state index in [1.165, 1.54) is 43.6 Å². The predicted molar refractivity (Wildman–Crippen MR) is 120 cm³/mol. The minimum atomic E-state index is -0.282. The molecule has 2 bridgehead atoms. The van der Waals surface area contributed by atoms with Crippen molar-refractivity contribution in [3.8, 4) is 0 Å². The number of hydroxylamine groups is 2. The molecule has 4 unspecified atom stereocenters. The summed E-state index contributed by atoms with van der Waals surface area (Å²) in [6.45, 7) is 6.77. The molecule has 0 spiro atoms. The molecule has 0 aromatic carbocycles. The van der Waals surface area contributed by atoms with Gasteiger partial charge < -0.3 is 14.2 Å². The molecule has 0 aromatic heterocycles. The normalized spacial score (nSPS) is 30.3. The predicted octanol–water partition coefficient (Wildman–Crippen LogP) is 5.02. The molecule has 3 heterocycles. The number of amides is 1. The molecule has 3 rings (SSSR count). The first-order valence-corrected chi connectivity index (χ1v) is 12.6. The number of rotatable bonds is 14.